The van der Waals surface area contributed by atoms with E-state index in [4.69, 9.17) is 11.6 Å². The highest BCUT2D eigenvalue weighted by Gasteiger charge is 2.64. The molecule has 2 atom stereocenters. The standard InChI is InChI=1S/C17H27ClO/c1-3-5-15-7-13-8-16(10-15,6-4-2)12-17(9-13,11-15)14(18)19/h13H,3-12H2,1-2H3. The molecule has 108 valence electrons. The van der Waals surface area contributed by atoms with Gasteiger partial charge in [0.25, 0.3) is 0 Å². The third-order valence-corrected chi connectivity index (χ3v) is 6.68. The fourth-order valence-electron chi connectivity index (χ4n) is 6.68. The van der Waals surface area contributed by atoms with Crippen LogP contribution in [0.4, 0.5) is 0 Å². The second kappa shape index (κ2) is 4.48. The lowest BCUT2D eigenvalue weighted by Gasteiger charge is -2.66. The van der Waals surface area contributed by atoms with Crippen LogP contribution in [0.3, 0.4) is 0 Å². The van der Waals surface area contributed by atoms with E-state index in [2.05, 4.69) is 13.8 Å². The summed E-state index contributed by atoms with van der Waals surface area (Å²) in [5, 5.41) is -0.0162. The Morgan fingerprint density at radius 1 is 1.00 bits per heavy atom. The highest BCUT2D eigenvalue weighted by molar-refractivity contribution is 6.64. The normalized spacial score (nSPS) is 47.6. The average molecular weight is 283 g/mol. The van der Waals surface area contributed by atoms with E-state index in [0.717, 1.165) is 25.2 Å². The predicted octanol–water partition coefficient (Wildman–Crippen LogP) is 5.31. The van der Waals surface area contributed by atoms with E-state index in [0.29, 0.717) is 10.8 Å². The van der Waals surface area contributed by atoms with Crippen molar-refractivity contribution in [2.45, 2.75) is 78.1 Å². The average Bonchev–Trinajstić information content (AvgIpc) is 2.26. The SMILES string of the molecule is CCCC12CC3CC(CCC)(C1)CC(C(=O)Cl)(C3)C2. The Hall–Kier alpha value is -0.0400. The van der Waals surface area contributed by atoms with Gasteiger partial charge in [-0.1, -0.05) is 26.7 Å². The van der Waals surface area contributed by atoms with Gasteiger partial charge in [-0.25, -0.2) is 0 Å². The number of hydrogen-bond donors (Lipinski definition) is 0. The minimum atomic E-state index is -0.148. The molecule has 4 rings (SSSR count). The van der Waals surface area contributed by atoms with E-state index < -0.39 is 0 Å². The summed E-state index contributed by atoms with van der Waals surface area (Å²) in [6, 6.07) is 0. The van der Waals surface area contributed by atoms with Crippen LogP contribution in [0.25, 0.3) is 0 Å². The molecule has 4 aliphatic carbocycles. The van der Waals surface area contributed by atoms with Crippen LogP contribution in [0.2, 0.25) is 0 Å². The molecule has 0 spiro atoms. The number of hydrogen-bond acceptors (Lipinski definition) is 1. The Labute approximate surface area is 122 Å². The number of rotatable bonds is 5. The zero-order valence-electron chi connectivity index (χ0n) is 12.4. The van der Waals surface area contributed by atoms with Gasteiger partial charge >= 0.3 is 0 Å². The summed E-state index contributed by atoms with van der Waals surface area (Å²) in [4.78, 5) is 12.2. The summed E-state index contributed by atoms with van der Waals surface area (Å²) in [5.41, 5.74) is 0.757. The Bertz CT molecular complexity index is 367. The van der Waals surface area contributed by atoms with Crippen molar-refractivity contribution in [3.63, 3.8) is 0 Å². The molecule has 0 N–H and O–H groups in total. The Morgan fingerprint density at radius 3 is 1.95 bits per heavy atom. The van der Waals surface area contributed by atoms with Gasteiger partial charge in [0.15, 0.2) is 0 Å². The minimum Gasteiger partial charge on any atom is -0.281 e. The van der Waals surface area contributed by atoms with Crippen LogP contribution in [-0.2, 0) is 4.79 Å². The van der Waals surface area contributed by atoms with Crippen molar-refractivity contribution >= 4 is 16.8 Å². The second-order valence-corrected chi connectivity index (χ2v) is 8.41. The first kappa shape index (κ1) is 13.9. The van der Waals surface area contributed by atoms with Crippen LogP contribution in [0.5, 0.6) is 0 Å². The highest BCUT2D eigenvalue weighted by atomic mass is 35.5. The Kier molecular flexibility index (Phi) is 3.28. The van der Waals surface area contributed by atoms with Gasteiger partial charge in [0.05, 0.1) is 0 Å². The molecule has 19 heavy (non-hydrogen) atoms. The minimum absolute atomic E-state index is 0.0162. The second-order valence-electron chi connectivity index (χ2n) is 8.06. The van der Waals surface area contributed by atoms with Gasteiger partial charge in [0, 0.05) is 5.41 Å². The van der Waals surface area contributed by atoms with Gasteiger partial charge in [0.2, 0.25) is 5.24 Å². The van der Waals surface area contributed by atoms with Crippen molar-refractivity contribution in [1.82, 2.24) is 0 Å². The fraction of sp³-hybridized carbons (Fsp3) is 0.941. The lowest BCUT2D eigenvalue weighted by molar-refractivity contribution is -0.172. The summed E-state index contributed by atoms with van der Waals surface area (Å²) in [6.07, 6.45) is 12.5. The van der Waals surface area contributed by atoms with Gasteiger partial charge in [-0.2, -0.15) is 0 Å². The van der Waals surface area contributed by atoms with Crippen molar-refractivity contribution < 1.29 is 4.79 Å². The van der Waals surface area contributed by atoms with E-state index in [-0.39, 0.29) is 10.7 Å². The molecule has 2 heteroatoms. The molecule has 0 aromatic heterocycles. The summed E-state index contributed by atoms with van der Waals surface area (Å²) >= 11 is 6.08. The van der Waals surface area contributed by atoms with E-state index in [1.807, 2.05) is 0 Å². The van der Waals surface area contributed by atoms with Gasteiger partial charge < -0.3 is 0 Å². The van der Waals surface area contributed by atoms with E-state index >= 15 is 0 Å². The monoisotopic (exact) mass is 282 g/mol. The molecule has 0 aliphatic heterocycles. The van der Waals surface area contributed by atoms with E-state index in [1.54, 1.807) is 0 Å². The molecule has 0 amide bonds. The third-order valence-electron chi connectivity index (χ3n) is 6.28. The predicted molar refractivity (Wildman–Crippen MR) is 79.2 cm³/mol. The van der Waals surface area contributed by atoms with Crippen LogP contribution in [-0.4, -0.2) is 5.24 Å². The maximum atomic E-state index is 12.2. The molecule has 0 aromatic rings. The third kappa shape index (κ3) is 2.07. The highest BCUT2D eigenvalue weighted by Crippen LogP contribution is 2.72. The Morgan fingerprint density at radius 2 is 1.53 bits per heavy atom. The van der Waals surface area contributed by atoms with Crippen LogP contribution >= 0.6 is 11.6 Å². The molecule has 0 radical (unpaired) electrons. The largest absolute Gasteiger partial charge is 0.281 e. The van der Waals surface area contributed by atoms with Crippen molar-refractivity contribution in [1.29, 1.82) is 0 Å². The van der Waals surface area contributed by atoms with Crippen molar-refractivity contribution in [2.75, 3.05) is 0 Å². The molecule has 4 bridgehead atoms. The van der Waals surface area contributed by atoms with Crippen LogP contribution in [0.1, 0.15) is 78.1 Å². The number of halogens is 1. The summed E-state index contributed by atoms with van der Waals surface area (Å²) in [5.74, 6) is 0.775. The van der Waals surface area contributed by atoms with E-state index in [9.17, 15) is 4.79 Å². The van der Waals surface area contributed by atoms with Gasteiger partial charge in [-0.3, -0.25) is 4.79 Å². The molecule has 4 saturated carbocycles. The van der Waals surface area contributed by atoms with Gasteiger partial charge in [-0.15, -0.1) is 0 Å². The number of carbonyl (C=O) groups excluding carboxylic acids is 1. The first-order valence-electron chi connectivity index (χ1n) is 8.17. The van der Waals surface area contributed by atoms with Crippen molar-refractivity contribution in [3.8, 4) is 0 Å². The molecule has 0 heterocycles. The lowest BCUT2D eigenvalue weighted by atomic mass is 9.38. The maximum Gasteiger partial charge on any atom is 0.227 e. The first-order chi connectivity index (χ1) is 8.97. The topological polar surface area (TPSA) is 17.1 Å². The molecule has 0 saturated heterocycles. The summed E-state index contributed by atoms with van der Waals surface area (Å²) in [6.45, 7) is 4.58. The van der Waals surface area contributed by atoms with Crippen LogP contribution in [0.15, 0.2) is 0 Å². The Balaban J connectivity index is 1.98. The van der Waals surface area contributed by atoms with E-state index in [1.165, 1.54) is 44.9 Å². The zero-order valence-corrected chi connectivity index (χ0v) is 13.2. The molecular weight excluding hydrogens is 256 g/mol. The zero-order chi connectivity index (χ0) is 13.7. The van der Waals surface area contributed by atoms with Crippen LogP contribution in [0, 0.1) is 22.2 Å². The molecule has 2 unspecified atom stereocenters. The molecule has 4 fully saturated rings. The fourth-order valence-corrected chi connectivity index (χ4v) is 6.89. The summed E-state index contributed by atoms with van der Waals surface area (Å²) in [7, 11) is 0. The summed E-state index contributed by atoms with van der Waals surface area (Å²) < 4.78 is 0. The molecule has 0 aromatic carbocycles. The van der Waals surface area contributed by atoms with Crippen LogP contribution < -0.4 is 0 Å². The molecule has 4 aliphatic rings. The van der Waals surface area contributed by atoms with Gasteiger partial charge in [0.1, 0.15) is 0 Å². The maximum absolute atomic E-state index is 12.2. The van der Waals surface area contributed by atoms with Gasteiger partial charge in [-0.05, 0) is 79.7 Å². The molecular formula is C17H27ClO. The van der Waals surface area contributed by atoms with Crippen molar-refractivity contribution in [3.05, 3.63) is 0 Å². The number of carbonyl (C=O) groups is 1. The lowest BCUT2D eigenvalue weighted by Crippen LogP contribution is -2.58. The quantitative estimate of drug-likeness (QED) is 0.625. The molecule has 1 nitrogen and oxygen atoms in total. The smallest absolute Gasteiger partial charge is 0.227 e. The first-order valence-corrected chi connectivity index (χ1v) is 8.55. The van der Waals surface area contributed by atoms with Crippen molar-refractivity contribution in [2.24, 2.45) is 22.2 Å².